The summed E-state index contributed by atoms with van der Waals surface area (Å²) in [6, 6.07) is 11.1. The fraction of sp³-hybridized carbons (Fsp3) is 0.296. The highest BCUT2D eigenvalue weighted by Gasteiger charge is 2.40. The van der Waals surface area contributed by atoms with Gasteiger partial charge in [-0.3, -0.25) is 9.69 Å². The molecule has 208 valence electrons. The van der Waals surface area contributed by atoms with E-state index in [4.69, 9.17) is 0 Å². The van der Waals surface area contributed by atoms with Gasteiger partial charge in [-0.2, -0.15) is 18.4 Å². The Hall–Kier alpha value is -4.86. The molecule has 40 heavy (non-hydrogen) atoms. The van der Waals surface area contributed by atoms with E-state index >= 15 is 0 Å². The molecule has 0 fully saturated rings. The van der Waals surface area contributed by atoms with Gasteiger partial charge in [0.25, 0.3) is 0 Å². The largest absolute Gasteiger partial charge is 0.478 e. The van der Waals surface area contributed by atoms with Gasteiger partial charge in [0.1, 0.15) is 6.04 Å². The van der Waals surface area contributed by atoms with Crippen LogP contribution in [0.5, 0.6) is 0 Å². The summed E-state index contributed by atoms with van der Waals surface area (Å²) in [5.41, 5.74) is -1.14. The number of carboxylic acids is 1. The first kappa shape index (κ1) is 28.2. The number of allylic oxidation sites excluding steroid dienone is 1. The number of nitrogens with zero attached hydrogens (tertiary/aromatic N) is 6. The molecule has 1 unspecified atom stereocenters. The van der Waals surface area contributed by atoms with Crippen LogP contribution in [-0.2, 0) is 22.3 Å². The Morgan fingerprint density at radius 3 is 2.42 bits per heavy atom. The highest BCUT2D eigenvalue weighted by atomic mass is 19.4. The first-order valence-electron chi connectivity index (χ1n) is 12.2. The van der Waals surface area contributed by atoms with E-state index < -0.39 is 29.4 Å². The summed E-state index contributed by atoms with van der Waals surface area (Å²) >= 11 is 0. The highest BCUT2D eigenvalue weighted by molar-refractivity contribution is 5.92. The predicted octanol–water partition coefficient (Wildman–Crippen LogP) is 3.90. The number of carbonyl (C=O) groups excluding carboxylic acids is 1. The van der Waals surface area contributed by atoms with Crippen LogP contribution in [-0.4, -0.2) is 49.8 Å². The van der Waals surface area contributed by atoms with Crippen LogP contribution in [0.1, 0.15) is 43.0 Å². The maximum absolute atomic E-state index is 13.7. The van der Waals surface area contributed by atoms with Crippen LogP contribution in [0.25, 0.3) is 0 Å². The van der Waals surface area contributed by atoms with Crippen LogP contribution in [0.15, 0.2) is 64.6 Å². The normalized spacial score (nSPS) is 15.0. The van der Waals surface area contributed by atoms with Crippen molar-refractivity contribution in [1.29, 1.82) is 5.26 Å². The number of hydrogen-bond acceptors (Lipinski definition) is 6. The number of aliphatic carboxylic acids is 1. The molecule has 0 aliphatic carbocycles. The number of carbonyl (C=O) groups is 2. The Bertz CT molecular complexity index is 1600. The van der Waals surface area contributed by atoms with Crippen molar-refractivity contribution in [3.63, 3.8) is 0 Å². The lowest BCUT2D eigenvalue weighted by Gasteiger charge is -2.35. The summed E-state index contributed by atoms with van der Waals surface area (Å²) in [5.74, 6) is -1.61. The maximum atomic E-state index is 13.7. The predicted molar refractivity (Wildman–Crippen MR) is 138 cm³/mol. The molecule has 0 spiro atoms. The molecule has 0 bridgehead atoms. The van der Waals surface area contributed by atoms with Crippen LogP contribution < -0.4 is 10.6 Å². The Labute approximate surface area is 226 Å². The number of halogens is 3. The van der Waals surface area contributed by atoms with Gasteiger partial charge >= 0.3 is 17.8 Å². The van der Waals surface area contributed by atoms with E-state index in [1.807, 2.05) is 6.07 Å². The quantitative estimate of drug-likeness (QED) is 0.470. The van der Waals surface area contributed by atoms with Crippen molar-refractivity contribution in [2.45, 2.75) is 39.0 Å². The second-order valence-electron chi connectivity index (χ2n) is 9.29. The zero-order chi connectivity index (χ0) is 29.4. The summed E-state index contributed by atoms with van der Waals surface area (Å²) in [4.78, 5) is 40.6. The van der Waals surface area contributed by atoms with Gasteiger partial charge in [-0.15, -0.1) is 5.10 Å². The van der Waals surface area contributed by atoms with Crippen LogP contribution in [0, 0.1) is 11.3 Å². The molecule has 0 saturated carbocycles. The molecule has 1 aliphatic heterocycles. The van der Waals surface area contributed by atoms with E-state index in [1.54, 1.807) is 7.05 Å². The third-order valence-electron chi connectivity index (χ3n) is 6.73. The number of anilines is 2. The zero-order valence-electron chi connectivity index (χ0n) is 21.8. The monoisotopic (exact) mass is 554 g/mol. The number of amides is 1. The van der Waals surface area contributed by atoms with Gasteiger partial charge in [-0.25, -0.2) is 18.8 Å². The third kappa shape index (κ3) is 5.20. The van der Waals surface area contributed by atoms with E-state index in [0.717, 1.165) is 21.4 Å². The highest BCUT2D eigenvalue weighted by Crippen LogP contribution is 2.42. The number of nitriles is 1. The van der Waals surface area contributed by atoms with Crippen molar-refractivity contribution < 1.29 is 27.9 Å². The molecular formula is C27H25F3N6O4. The third-order valence-corrected chi connectivity index (χ3v) is 6.73. The molecule has 1 atom stereocenters. The Balaban J connectivity index is 1.93. The van der Waals surface area contributed by atoms with Crippen molar-refractivity contribution in [3.05, 3.63) is 87.0 Å². The molecule has 1 aromatic heterocycles. The molecule has 1 N–H and O–H groups in total. The number of carboxylic acid groups (broad SMARTS) is 1. The Morgan fingerprint density at radius 1 is 1.18 bits per heavy atom. The molecular weight excluding hydrogens is 529 g/mol. The first-order chi connectivity index (χ1) is 18.8. The van der Waals surface area contributed by atoms with Crippen LogP contribution in [0.2, 0.25) is 0 Å². The Kier molecular flexibility index (Phi) is 7.55. The zero-order valence-corrected chi connectivity index (χ0v) is 21.8. The SMILES string of the molecule is CC(=O)N(C)CCCn1nc2n(c1=O)C(c1ccc(C#N)cc1)C(C(=O)O)=C(C)N2c1cccc(C(F)(F)F)c1. The lowest BCUT2D eigenvalue weighted by molar-refractivity contribution is -0.137. The van der Waals surface area contributed by atoms with Gasteiger partial charge in [0.05, 0.1) is 22.8 Å². The molecule has 1 amide bonds. The molecule has 3 aromatic rings. The summed E-state index contributed by atoms with van der Waals surface area (Å²) < 4.78 is 42.9. The number of aromatic nitrogens is 3. The maximum Gasteiger partial charge on any atom is 0.416 e. The van der Waals surface area contributed by atoms with Gasteiger partial charge in [-0.1, -0.05) is 18.2 Å². The minimum Gasteiger partial charge on any atom is -0.478 e. The van der Waals surface area contributed by atoms with E-state index in [2.05, 4.69) is 5.10 Å². The first-order valence-corrected chi connectivity index (χ1v) is 12.2. The van der Waals surface area contributed by atoms with E-state index in [1.165, 1.54) is 60.0 Å². The molecule has 2 aromatic carbocycles. The smallest absolute Gasteiger partial charge is 0.416 e. The number of rotatable bonds is 7. The number of fused-ring (bicyclic) bond motifs is 1. The molecule has 0 radical (unpaired) electrons. The fourth-order valence-electron chi connectivity index (χ4n) is 4.60. The van der Waals surface area contributed by atoms with Crippen molar-refractivity contribution in [1.82, 2.24) is 19.2 Å². The summed E-state index contributed by atoms with van der Waals surface area (Å²) in [6.07, 6.45) is -4.32. The number of alkyl halides is 3. The minimum absolute atomic E-state index is 0.0286. The standard InChI is InChI=1S/C27H25F3N6O4/c1-16-22(24(38)39)23(19-10-8-18(15-31)9-11-19)36-25(32-34(26(36)40)13-5-12-33(3)17(2)37)35(16)21-7-4-6-20(14-21)27(28,29)30/h4,6-11,14,23H,5,12-13H2,1-3H3,(H,38,39). The molecule has 13 heteroatoms. The van der Waals surface area contributed by atoms with Gasteiger partial charge in [-0.05, 0) is 49.2 Å². The van der Waals surface area contributed by atoms with Crippen LogP contribution in [0.3, 0.4) is 0 Å². The molecule has 4 rings (SSSR count). The van der Waals surface area contributed by atoms with Gasteiger partial charge < -0.3 is 10.0 Å². The van der Waals surface area contributed by atoms with Gasteiger partial charge in [0.2, 0.25) is 11.9 Å². The number of aryl methyl sites for hydroxylation is 1. The topological polar surface area (TPSA) is 124 Å². The lowest BCUT2D eigenvalue weighted by Crippen LogP contribution is -2.38. The summed E-state index contributed by atoms with van der Waals surface area (Å²) in [7, 11) is 1.60. The molecule has 1 aliphatic rings. The van der Waals surface area contributed by atoms with E-state index in [0.29, 0.717) is 24.1 Å². The number of benzene rings is 2. The molecule has 10 nitrogen and oxygen atoms in total. The molecule has 0 saturated heterocycles. The summed E-state index contributed by atoms with van der Waals surface area (Å²) in [6.45, 7) is 3.22. The van der Waals surface area contributed by atoms with E-state index in [-0.39, 0.29) is 35.4 Å². The fourth-order valence-corrected chi connectivity index (χ4v) is 4.60. The van der Waals surface area contributed by atoms with Crippen LogP contribution >= 0.6 is 0 Å². The summed E-state index contributed by atoms with van der Waals surface area (Å²) in [5, 5.41) is 23.9. The van der Waals surface area contributed by atoms with Gasteiger partial charge in [0.15, 0.2) is 0 Å². The second-order valence-corrected chi connectivity index (χ2v) is 9.29. The average molecular weight is 555 g/mol. The van der Waals surface area contributed by atoms with E-state index in [9.17, 15) is 37.9 Å². The Morgan fingerprint density at radius 2 is 1.85 bits per heavy atom. The van der Waals surface area contributed by atoms with Crippen molar-refractivity contribution in [2.24, 2.45) is 0 Å². The average Bonchev–Trinajstić information content (AvgIpc) is 3.22. The van der Waals surface area contributed by atoms with Crippen molar-refractivity contribution in [3.8, 4) is 6.07 Å². The lowest BCUT2D eigenvalue weighted by atomic mass is 9.94. The van der Waals surface area contributed by atoms with Crippen molar-refractivity contribution in [2.75, 3.05) is 18.5 Å². The van der Waals surface area contributed by atoms with Crippen molar-refractivity contribution >= 4 is 23.5 Å². The van der Waals surface area contributed by atoms with Crippen LogP contribution in [0.4, 0.5) is 24.8 Å². The van der Waals surface area contributed by atoms with Gasteiger partial charge in [0, 0.05) is 38.4 Å². The second kappa shape index (κ2) is 10.7. The molecule has 2 heterocycles. The number of hydrogen-bond donors (Lipinski definition) is 1. The minimum atomic E-state index is -4.66.